The summed E-state index contributed by atoms with van der Waals surface area (Å²) in [7, 11) is 1.52. The number of hydrogen-bond donors (Lipinski definition) is 2. The number of nitrogens with one attached hydrogen (secondary N) is 1. The number of benzene rings is 3. The monoisotopic (exact) mass is 457 g/mol. The molecule has 2 heterocycles. The van der Waals surface area contributed by atoms with Crippen LogP contribution in [0.4, 0.5) is 0 Å². The lowest BCUT2D eigenvalue weighted by molar-refractivity contribution is -0.180. The van der Waals surface area contributed by atoms with E-state index in [1.165, 1.54) is 24.4 Å². The number of nitrogens with two attached hydrogens (primary N) is 1. The van der Waals surface area contributed by atoms with Crippen molar-refractivity contribution in [1.82, 2.24) is 10.2 Å². The minimum atomic E-state index is -1.80. The van der Waals surface area contributed by atoms with Gasteiger partial charge in [0.05, 0.1) is 6.61 Å². The second-order valence-corrected chi connectivity index (χ2v) is 8.72. The molecule has 0 saturated carbocycles. The van der Waals surface area contributed by atoms with E-state index in [9.17, 15) is 9.59 Å². The van der Waals surface area contributed by atoms with Crippen molar-refractivity contribution >= 4 is 11.9 Å². The van der Waals surface area contributed by atoms with Gasteiger partial charge in [-0.15, -0.1) is 0 Å². The molecule has 2 unspecified atom stereocenters. The first-order valence-electron chi connectivity index (χ1n) is 11.3. The molecular weight excluding hydrogens is 430 g/mol. The van der Waals surface area contributed by atoms with Crippen molar-refractivity contribution in [1.29, 1.82) is 0 Å². The van der Waals surface area contributed by atoms with E-state index in [-0.39, 0.29) is 5.91 Å². The molecule has 174 valence electrons. The van der Waals surface area contributed by atoms with Gasteiger partial charge < -0.3 is 9.47 Å². The number of para-hydroxylation sites is 1. The van der Waals surface area contributed by atoms with Gasteiger partial charge in [-0.3, -0.25) is 20.2 Å². The van der Waals surface area contributed by atoms with E-state index < -0.39 is 17.5 Å². The maximum atomic E-state index is 13.9. The molecule has 1 fully saturated rings. The van der Waals surface area contributed by atoms with Crippen LogP contribution < -0.4 is 15.8 Å². The van der Waals surface area contributed by atoms with Gasteiger partial charge in [0, 0.05) is 19.5 Å². The summed E-state index contributed by atoms with van der Waals surface area (Å²) in [6, 6.07) is 23.2. The number of carbonyl (C=O) groups is 2. The van der Waals surface area contributed by atoms with Crippen molar-refractivity contribution < 1.29 is 19.1 Å². The Balaban J connectivity index is 1.69. The molecule has 1 amide bonds. The van der Waals surface area contributed by atoms with E-state index in [0.717, 1.165) is 29.7 Å². The quantitative estimate of drug-likeness (QED) is 0.462. The normalized spacial score (nSPS) is 23.9. The highest BCUT2D eigenvalue weighted by atomic mass is 16.6. The van der Waals surface area contributed by atoms with Gasteiger partial charge in [0.15, 0.2) is 5.54 Å². The van der Waals surface area contributed by atoms with Crippen molar-refractivity contribution in [2.45, 2.75) is 31.3 Å². The van der Waals surface area contributed by atoms with Crippen LogP contribution in [0.5, 0.6) is 5.75 Å². The number of fused-ring (bicyclic) bond motifs is 1. The Labute approximate surface area is 198 Å². The Bertz CT molecular complexity index is 1260. The lowest BCUT2D eigenvalue weighted by Gasteiger charge is -2.32. The molecule has 0 bridgehead atoms. The number of ether oxygens (including phenoxy) is 2. The molecule has 34 heavy (non-hydrogen) atoms. The summed E-state index contributed by atoms with van der Waals surface area (Å²) >= 11 is 0. The molecular formula is C27H27N3O4. The van der Waals surface area contributed by atoms with E-state index in [2.05, 4.69) is 11.4 Å². The zero-order valence-electron chi connectivity index (χ0n) is 19.2. The third kappa shape index (κ3) is 3.45. The fraction of sp³-hybridized carbons (Fsp3) is 0.259. The molecule has 0 aromatic heterocycles. The third-order valence-electron chi connectivity index (χ3n) is 6.54. The summed E-state index contributed by atoms with van der Waals surface area (Å²) in [4.78, 5) is 26.9. The summed E-state index contributed by atoms with van der Waals surface area (Å²) in [5.41, 5.74) is 9.50. The molecule has 0 aliphatic carbocycles. The topological polar surface area (TPSA) is 93.9 Å². The number of amides is 1. The molecule has 3 aromatic carbocycles. The second kappa shape index (κ2) is 8.27. The SMILES string of the molecule is CC(=O)OC1(N)NC(c2ccccc2)(c2cccc(-c3cccc4c3OCCC4)c2)C(=O)N1C. The molecule has 2 atom stereocenters. The van der Waals surface area contributed by atoms with Crippen LogP contribution in [-0.4, -0.2) is 36.4 Å². The highest BCUT2D eigenvalue weighted by Crippen LogP contribution is 2.42. The smallest absolute Gasteiger partial charge is 0.307 e. The van der Waals surface area contributed by atoms with Crippen molar-refractivity contribution in [3.63, 3.8) is 0 Å². The first kappa shape index (κ1) is 22.1. The van der Waals surface area contributed by atoms with E-state index in [1.807, 2.05) is 66.7 Å². The average Bonchev–Trinajstić information content (AvgIpc) is 3.05. The molecule has 5 rings (SSSR count). The Morgan fingerprint density at radius 3 is 2.56 bits per heavy atom. The molecule has 0 spiro atoms. The molecule has 1 saturated heterocycles. The van der Waals surface area contributed by atoms with Crippen LogP contribution in [0.25, 0.3) is 11.1 Å². The van der Waals surface area contributed by atoms with Gasteiger partial charge in [-0.05, 0) is 41.2 Å². The first-order valence-corrected chi connectivity index (χ1v) is 11.3. The zero-order valence-corrected chi connectivity index (χ0v) is 19.2. The first-order chi connectivity index (χ1) is 16.3. The summed E-state index contributed by atoms with van der Waals surface area (Å²) in [6.45, 7) is 1.94. The Morgan fingerprint density at radius 2 is 1.79 bits per heavy atom. The lowest BCUT2D eigenvalue weighted by atomic mass is 9.81. The van der Waals surface area contributed by atoms with E-state index in [1.54, 1.807) is 0 Å². The molecule has 2 aliphatic heterocycles. The number of carbonyl (C=O) groups excluding carboxylic acids is 2. The van der Waals surface area contributed by atoms with Crippen LogP contribution >= 0.6 is 0 Å². The summed E-state index contributed by atoms with van der Waals surface area (Å²) < 4.78 is 11.4. The van der Waals surface area contributed by atoms with Gasteiger partial charge in [-0.25, -0.2) is 5.32 Å². The number of aryl methyl sites for hydroxylation is 1. The van der Waals surface area contributed by atoms with E-state index in [4.69, 9.17) is 15.2 Å². The van der Waals surface area contributed by atoms with Crippen LogP contribution in [0.2, 0.25) is 0 Å². The number of nitrogens with zero attached hydrogens (tertiary/aromatic N) is 1. The third-order valence-corrected chi connectivity index (χ3v) is 6.54. The van der Waals surface area contributed by atoms with Crippen molar-refractivity contribution in [3.8, 4) is 16.9 Å². The Morgan fingerprint density at radius 1 is 1.06 bits per heavy atom. The minimum Gasteiger partial charge on any atom is -0.493 e. The lowest BCUT2D eigenvalue weighted by Crippen LogP contribution is -2.63. The summed E-state index contributed by atoms with van der Waals surface area (Å²) in [5, 5.41) is 3.17. The molecule has 7 nitrogen and oxygen atoms in total. The predicted molar refractivity (Wildman–Crippen MR) is 128 cm³/mol. The standard InChI is InChI=1S/C27H27N3O4/c1-18(31)34-27(28)29-26(25(32)30(27)2,21-12-4-3-5-13-21)22-14-6-10-20(17-22)23-15-7-9-19-11-8-16-33-24(19)23/h3-7,9-10,12-15,17,29H,8,11,16,28H2,1-2H3. The van der Waals surface area contributed by atoms with Crippen molar-refractivity contribution in [2.75, 3.05) is 13.7 Å². The van der Waals surface area contributed by atoms with Gasteiger partial charge in [0.1, 0.15) is 5.75 Å². The van der Waals surface area contributed by atoms with Gasteiger partial charge in [0.2, 0.25) is 0 Å². The van der Waals surface area contributed by atoms with Gasteiger partial charge in [-0.1, -0.05) is 66.7 Å². The summed E-state index contributed by atoms with van der Waals surface area (Å²) in [6.07, 6.45) is 1.97. The molecule has 7 heteroatoms. The highest BCUT2D eigenvalue weighted by Gasteiger charge is 2.60. The fourth-order valence-corrected chi connectivity index (χ4v) is 4.90. The molecule has 3 aromatic rings. The van der Waals surface area contributed by atoms with Crippen LogP contribution in [0, 0.1) is 0 Å². The van der Waals surface area contributed by atoms with Crippen molar-refractivity contribution in [2.24, 2.45) is 5.73 Å². The van der Waals surface area contributed by atoms with E-state index in [0.29, 0.717) is 17.7 Å². The molecule has 0 radical (unpaired) electrons. The Kier molecular flexibility index (Phi) is 5.38. The number of hydrogen-bond acceptors (Lipinski definition) is 6. The van der Waals surface area contributed by atoms with Crippen molar-refractivity contribution in [3.05, 3.63) is 89.5 Å². The zero-order chi connectivity index (χ0) is 23.9. The molecule has 2 aliphatic rings. The van der Waals surface area contributed by atoms with Gasteiger partial charge >= 0.3 is 11.9 Å². The number of rotatable bonds is 4. The van der Waals surface area contributed by atoms with Crippen LogP contribution in [-0.2, 0) is 26.3 Å². The van der Waals surface area contributed by atoms with E-state index >= 15 is 0 Å². The Hall–Kier alpha value is -3.68. The van der Waals surface area contributed by atoms with Gasteiger partial charge in [-0.2, -0.15) is 0 Å². The maximum Gasteiger partial charge on any atom is 0.307 e. The van der Waals surface area contributed by atoms with Crippen LogP contribution in [0.3, 0.4) is 0 Å². The largest absolute Gasteiger partial charge is 0.493 e. The fourth-order valence-electron chi connectivity index (χ4n) is 4.90. The average molecular weight is 458 g/mol. The van der Waals surface area contributed by atoms with Crippen LogP contribution in [0.1, 0.15) is 30.0 Å². The predicted octanol–water partition coefficient (Wildman–Crippen LogP) is 3.12. The molecule has 3 N–H and O–H groups in total. The summed E-state index contributed by atoms with van der Waals surface area (Å²) in [5.74, 6) is -1.84. The highest BCUT2D eigenvalue weighted by molar-refractivity contribution is 5.95. The van der Waals surface area contributed by atoms with Gasteiger partial charge in [0.25, 0.3) is 5.91 Å². The van der Waals surface area contributed by atoms with Crippen LogP contribution in [0.15, 0.2) is 72.8 Å². The minimum absolute atomic E-state index is 0.328. The number of likely N-dealkylation sites (N-methyl/N-ethyl adjacent to an activating group) is 1. The number of esters is 1. The maximum absolute atomic E-state index is 13.9. The second-order valence-electron chi connectivity index (χ2n) is 8.72.